The second kappa shape index (κ2) is 3.84. The molecule has 0 aliphatic carbocycles. The van der Waals surface area contributed by atoms with Crippen LogP contribution in [0.5, 0.6) is 0 Å². The number of rotatable bonds is 1. The van der Waals surface area contributed by atoms with E-state index in [2.05, 4.69) is 10.4 Å². The second-order valence-electron chi connectivity index (χ2n) is 5.14. The number of aryl methyl sites for hydroxylation is 1. The lowest BCUT2D eigenvalue weighted by atomic mass is 9.79. The molecule has 0 aromatic carbocycles. The van der Waals surface area contributed by atoms with Crippen LogP contribution in [0.2, 0.25) is 0 Å². The van der Waals surface area contributed by atoms with Crippen LogP contribution >= 0.6 is 0 Å². The first-order valence-electron chi connectivity index (χ1n) is 6.23. The van der Waals surface area contributed by atoms with Gasteiger partial charge in [-0.1, -0.05) is 0 Å². The highest BCUT2D eigenvalue weighted by Gasteiger charge is 2.47. The van der Waals surface area contributed by atoms with Crippen LogP contribution in [0, 0.1) is 5.41 Å². The van der Waals surface area contributed by atoms with Gasteiger partial charge in [0.15, 0.2) is 0 Å². The van der Waals surface area contributed by atoms with Gasteiger partial charge in [-0.25, -0.2) is 0 Å². The van der Waals surface area contributed by atoms with E-state index in [0.29, 0.717) is 0 Å². The lowest BCUT2D eigenvalue weighted by Crippen LogP contribution is -2.45. The van der Waals surface area contributed by atoms with Crippen molar-refractivity contribution in [1.82, 2.24) is 15.1 Å². The maximum absolute atomic E-state index is 12.5. The molecule has 5 heteroatoms. The number of hydrogen-bond acceptors (Lipinski definition) is 3. The lowest BCUT2D eigenvalue weighted by Gasteiger charge is -2.31. The maximum Gasteiger partial charge on any atom is 0.234 e. The molecule has 2 fully saturated rings. The summed E-state index contributed by atoms with van der Waals surface area (Å²) in [7, 11) is 1.88. The van der Waals surface area contributed by atoms with Crippen molar-refractivity contribution in [2.24, 2.45) is 12.5 Å². The van der Waals surface area contributed by atoms with Gasteiger partial charge in [0, 0.05) is 26.3 Å². The highest BCUT2D eigenvalue weighted by molar-refractivity contribution is 5.99. The fourth-order valence-corrected chi connectivity index (χ4v) is 2.98. The molecular formula is C12H18N4O. The summed E-state index contributed by atoms with van der Waals surface area (Å²) in [5.41, 5.74) is 0.786. The van der Waals surface area contributed by atoms with Gasteiger partial charge in [0.2, 0.25) is 5.91 Å². The van der Waals surface area contributed by atoms with Crippen molar-refractivity contribution in [2.45, 2.75) is 19.3 Å². The number of aromatic nitrogens is 2. The summed E-state index contributed by atoms with van der Waals surface area (Å²) in [6, 6.07) is 0. The van der Waals surface area contributed by atoms with Crippen molar-refractivity contribution in [3.63, 3.8) is 0 Å². The van der Waals surface area contributed by atoms with Crippen LogP contribution in [-0.4, -0.2) is 35.3 Å². The zero-order valence-electron chi connectivity index (χ0n) is 10.1. The van der Waals surface area contributed by atoms with E-state index in [1.54, 1.807) is 10.9 Å². The molecule has 1 atom stereocenters. The minimum atomic E-state index is -0.145. The number of nitrogens with one attached hydrogen (secondary N) is 1. The van der Waals surface area contributed by atoms with Gasteiger partial charge in [0.1, 0.15) is 0 Å². The lowest BCUT2D eigenvalue weighted by molar-refractivity contribution is -0.126. The number of carbonyl (C=O) groups is 1. The second-order valence-corrected chi connectivity index (χ2v) is 5.14. The molecule has 2 saturated heterocycles. The van der Waals surface area contributed by atoms with Crippen molar-refractivity contribution in [1.29, 1.82) is 0 Å². The number of nitrogens with zero attached hydrogens (tertiary/aromatic N) is 3. The summed E-state index contributed by atoms with van der Waals surface area (Å²) in [5, 5.41) is 7.49. The average molecular weight is 234 g/mol. The van der Waals surface area contributed by atoms with E-state index in [4.69, 9.17) is 0 Å². The molecule has 17 heavy (non-hydrogen) atoms. The zero-order valence-corrected chi connectivity index (χ0v) is 10.1. The monoisotopic (exact) mass is 234 g/mol. The molecule has 5 nitrogen and oxygen atoms in total. The molecule has 1 amide bonds. The van der Waals surface area contributed by atoms with Gasteiger partial charge in [-0.15, -0.1) is 0 Å². The first kappa shape index (κ1) is 10.8. The zero-order chi connectivity index (χ0) is 11.9. The molecule has 0 saturated carbocycles. The van der Waals surface area contributed by atoms with Crippen molar-refractivity contribution >= 4 is 11.6 Å². The quantitative estimate of drug-likeness (QED) is 0.771. The summed E-state index contributed by atoms with van der Waals surface area (Å²) in [4.78, 5) is 14.4. The topological polar surface area (TPSA) is 50.2 Å². The normalized spacial score (nSPS) is 29.2. The van der Waals surface area contributed by atoms with Crippen LogP contribution in [0.25, 0.3) is 0 Å². The third-order valence-electron chi connectivity index (χ3n) is 3.99. The Balaban J connectivity index is 1.84. The third kappa shape index (κ3) is 1.65. The van der Waals surface area contributed by atoms with Gasteiger partial charge in [-0.3, -0.25) is 9.48 Å². The minimum Gasteiger partial charge on any atom is -0.316 e. The first-order valence-corrected chi connectivity index (χ1v) is 6.23. The molecule has 1 N–H and O–H groups in total. The smallest absolute Gasteiger partial charge is 0.234 e. The van der Waals surface area contributed by atoms with Gasteiger partial charge in [0.05, 0.1) is 17.3 Å². The summed E-state index contributed by atoms with van der Waals surface area (Å²) in [6.07, 6.45) is 6.77. The molecule has 1 spiro atoms. The van der Waals surface area contributed by atoms with E-state index >= 15 is 0 Å². The van der Waals surface area contributed by atoms with Crippen molar-refractivity contribution in [3.05, 3.63) is 12.4 Å². The summed E-state index contributed by atoms with van der Waals surface area (Å²) in [5.74, 6) is 0.276. The third-order valence-corrected chi connectivity index (χ3v) is 3.99. The predicted octanol–water partition coefficient (Wildman–Crippen LogP) is 0.527. The molecule has 3 heterocycles. The van der Waals surface area contributed by atoms with Gasteiger partial charge in [-0.2, -0.15) is 5.10 Å². The number of piperidine rings is 1. The molecule has 0 unspecified atom stereocenters. The van der Waals surface area contributed by atoms with Gasteiger partial charge < -0.3 is 10.2 Å². The predicted molar refractivity (Wildman–Crippen MR) is 64.7 cm³/mol. The van der Waals surface area contributed by atoms with Crippen LogP contribution in [-0.2, 0) is 11.8 Å². The average Bonchev–Trinajstić information content (AvgIpc) is 2.88. The molecule has 2 aliphatic rings. The Bertz CT molecular complexity index is 433. The number of amides is 1. The Morgan fingerprint density at radius 3 is 3.00 bits per heavy atom. The van der Waals surface area contributed by atoms with Gasteiger partial charge in [-0.05, 0) is 25.8 Å². The molecule has 0 bridgehead atoms. The molecule has 3 rings (SSSR count). The molecule has 1 aromatic heterocycles. The Morgan fingerprint density at radius 2 is 2.35 bits per heavy atom. The number of hydrogen-bond donors (Lipinski definition) is 1. The van der Waals surface area contributed by atoms with E-state index in [1.807, 2.05) is 18.1 Å². The van der Waals surface area contributed by atoms with Crippen LogP contribution in [0.15, 0.2) is 12.4 Å². The van der Waals surface area contributed by atoms with Crippen molar-refractivity contribution in [2.75, 3.05) is 24.5 Å². The Kier molecular flexibility index (Phi) is 2.43. The molecule has 0 radical (unpaired) electrons. The molecule has 92 valence electrons. The Hall–Kier alpha value is -1.36. The SMILES string of the molecule is Cn1cc(N2CC[C@@]3(CCCNC3)C2=O)cn1. The summed E-state index contributed by atoms with van der Waals surface area (Å²) < 4.78 is 1.74. The molecule has 2 aliphatic heterocycles. The fraction of sp³-hybridized carbons (Fsp3) is 0.667. The van der Waals surface area contributed by atoms with E-state index < -0.39 is 0 Å². The Labute approximate surface area is 101 Å². The summed E-state index contributed by atoms with van der Waals surface area (Å²) in [6.45, 7) is 2.71. The fourth-order valence-electron chi connectivity index (χ4n) is 2.98. The minimum absolute atomic E-state index is 0.145. The van der Waals surface area contributed by atoms with Crippen LogP contribution in [0.4, 0.5) is 5.69 Å². The van der Waals surface area contributed by atoms with Crippen LogP contribution in [0.3, 0.4) is 0 Å². The largest absolute Gasteiger partial charge is 0.316 e. The van der Waals surface area contributed by atoms with E-state index in [1.165, 1.54) is 0 Å². The van der Waals surface area contributed by atoms with Crippen LogP contribution < -0.4 is 10.2 Å². The highest BCUT2D eigenvalue weighted by Crippen LogP contribution is 2.39. The van der Waals surface area contributed by atoms with Crippen molar-refractivity contribution < 1.29 is 4.79 Å². The highest BCUT2D eigenvalue weighted by atomic mass is 16.2. The van der Waals surface area contributed by atoms with E-state index in [0.717, 1.165) is 44.6 Å². The first-order chi connectivity index (χ1) is 8.21. The van der Waals surface area contributed by atoms with Gasteiger partial charge in [0.25, 0.3) is 0 Å². The molecular weight excluding hydrogens is 216 g/mol. The van der Waals surface area contributed by atoms with Crippen molar-refractivity contribution in [3.8, 4) is 0 Å². The van der Waals surface area contributed by atoms with E-state index in [9.17, 15) is 4.79 Å². The maximum atomic E-state index is 12.5. The molecule has 1 aromatic rings. The Morgan fingerprint density at radius 1 is 1.47 bits per heavy atom. The van der Waals surface area contributed by atoms with Gasteiger partial charge >= 0.3 is 0 Å². The number of carbonyl (C=O) groups excluding carboxylic acids is 1. The number of anilines is 1. The van der Waals surface area contributed by atoms with Crippen LogP contribution in [0.1, 0.15) is 19.3 Å². The van der Waals surface area contributed by atoms with E-state index in [-0.39, 0.29) is 11.3 Å². The standard InChI is InChI=1S/C12H18N4O/c1-15-8-10(7-14-15)16-6-4-12(11(16)17)3-2-5-13-9-12/h7-8,13H,2-6,9H2,1H3/t12-/m1/s1. The summed E-state index contributed by atoms with van der Waals surface area (Å²) >= 11 is 0.